The zero-order valence-electron chi connectivity index (χ0n) is 15.8. The van der Waals surface area contributed by atoms with Crippen LogP contribution in [-0.2, 0) is 15.3 Å². The van der Waals surface area contributed by atoms with Crippen LogP contribution in [0.4, 0.5) is 0 Å². The van der Waals surface area contributed by atoms with E-state index in [0.717, 1.165) is 10.5 Å². The van der Waals surface area contributed by atoms with E-state index in [9.17, 15) is 9.59 Å². The molecular formula is C20H20N2O4S2. The van der Waals surface area contributed by atoms with Gasteiger partial charge in [0, 0.05) is 21.3 Å². The molecule has 3 aromatic rings. The van der Waals surface area contributed by atoms with Crippen molar-refractivity contribution in [2.24, 2.45) is 5.41 Å². The Labute approximate surface area is 171 Å². The van der Waals surface area contributed by atoms with Crippen molar-refractivity contribution >= 4 is 34.9 Å². The number of benzene rings is 1. The number of carbonyl (C=O) groups excluding carboxylic acids is 2. The molecule has 6 nitrogen and oxygen atoms in total. The molecule has 1 aromatic carbocycles. The average Bonchev–Trinajstić information content (AvgIpc) is 3.35. The minimum Gasteiger partial charge on any atom is -0.454 e. The largest absolute Gasteiger partial charge is 0.454 e. The highest BCUT2D eigenvalue weighted by molar-refractivity contribution is 7.98. The standard InChI is InChI=1S/C20H20N2O4S2/c1-20(2,3)16(23)10-25-19(24)14-6-4-5-7-15(14)28-12-17-21-18(22-26-17)13-8-9-27-11-13/h4-9,11H,10,12H2,1-3H3. The molecule has 0 unspecified atom stereocenters. The van der Waals surface area contributed by atoms with Gasteiger partial charge in [0.1, 0.15) is 0 Å². The Hall–Kier alpha value is -2.45. The number of rotatable bonds is 7. The predicted octanol–water partition coefficient (Wildman–Crippen LogP) is 4.86. The van der Waals surface area contributed by atoms with E-state index in [2.05, 4.69) is 10.1 Å². The van der Waals surface area contributed by atoms with E-state index >= 15 is 0 Å². The molecular weight excluding hydrogens is 396 g/mol. The summed E-state index contributed by atoms with van der Waals surface area (Å²) in [7, 11) is 0. The number of Topliss-reactive ketones (excluding diaryl/α,β-unsaturated/α-hetero) is 1. The quantitative estimate of drug-likeness (QED) is 0.402. The van der Waals surface area contributed by atoms with Crippen LogP contribution >= 0.6 is 23.1 Å². The van der Waals surface area contributed by atoms with Gasteiger partial charge in [-0.05, 0) is 23.6 Å². The molecule has 2 aromatic heterocycles. The van der Waals surface area contributed by atoms with Crippen LogP contribution in [0.25, 0.3) is 11.4 Å². The summed E-state index contributed by atoms with van der Waals surface area (Å²) in [5.41, 5.74) is 0.774. The maximum Gasteiger partial charge on any atom is 0.339 e. The third kappa shape index (κ3) is 5.08. The summed E-state index contributed by atoms with van der Waals surface area (Å²) in [5.74, 6) is 0.785. The number of carbonyl (C=O) groups is 2. The van der Waals surface area contributed by atoms with E-state index < -0.39 is 11.4 Å². The molecule has 0 N–H and O–H groups in total. The molecule has 0 saturated heterocycles. The zero-order chi connectivity index (χ0) is 20.1. The summed E-state index contributed by atoms with van der Waals surface area (Å²) >= 11 is 2.96. The molecule has 0 amide bonds. The topological polar surface area (TPSA) is 82.3 Å². The molecule has 0 aliphatic carbocycles. The van der Waals surface area contributed by atoms with Crippen LogP contribution in [0.3, 0.4) is 0 Å². The molecule has 3 rings (SSSR count). The molecule has 0 aliphatic rings. The lowest BCUT2D eigenvalue weighted by Gasteiger charge is -2.16. The number of ether oxygens (including phenoxy) is 1. The number of nitrogens with zero attached hydrogens (tertiary/aromatic N) is 2. The predicted molar refractivity (Wildman–Crippen MR) is 108 cm³/mol. The van der Waals surface area contributed by atoms with Gasteiger partial charge in [0.15, 0.2) is 12.4 Å². The highest BCUT2D eigenvalue weighted by atomic mass is 32.2. The molecule has 0 radical (unpaired) electrons. The summed E-state index contributed by atoms with van der Waals surface area (Å²) in [6.07, 6.45) is 0. The number of hydrogen-bond acceptors (Lipinski definition) is 8. The minimum absolute atomic E-state index is 0.127. The first-order chi connectivity index (χ1) is 13.3. The van der Waals surface area contributed by atoms with Crippen molar-refractivity contribution in [3.8, 4) is 11.4 Å². The zero-order valence-corrected chi connectivity index (χ0v) is 17.4. The van der Waals surface area contributed by atoms with Gasteiger partial charge >= 0.3 is 5.97 Å². The number of aromatic nitrogens is 2. The summed E-state index contributed by atoms with van der Waals surface area (Å²) < 4.78 is 10.5. The van der Waals surface area contributed by atoms with E-state index in [1.54, 1.807) is 44.2 Å². The van der Waals surface area contributed by atoms with Gasteiger partial charge in [-0.2, -0.15) is 16.3 Å². The second-order valence-corrected chi connectivity index (χ2v) is 8.86. The van der Waals surface area contributed by atoms with Crippen LogP contribution in [-0.4, -0.2) is 28.5 Å². The summed E-state index contributed by atoms with van der Waals surface area (Å²) in [5, 5.41) is 7.88. The van der Waals surface area contributed by atoms with Crippen LogP contribution < -0.4 is 0 Å². The van der Waals surface area contributed by atoms with Crippen LogP contribution in [0, 0.1) is 5.41 Å². The van der Waals surface area contributed by atoms with Crippen LogP contribution in [0.15, 0.2) is 50.5 Å². The van der Waals surface area contributed by atoms with Gasteiger partial charge in [-0.15, -0.1) is 11.8 Å². The normalized spacial score (nSPS) is 11.4. The maximum absolute atomic E-state index is 12.4. The number of thioether (sulfide) groups is 1. The molecule has 0 aliphatic heterocycles. The van der Waals surface area contributed by atoms with Gasteiger partial charge in [-0.25, -0.2) is 4.79 Å². The molecule has 0 spiro atoms. The monoisotopic (exact) mass is 416 g/mol. The van der Waals surface area contributed by atoms with Crippen molar-refractivity contribution in [3.63, 3.8) is 0 Å². The summed E-state index contributed by atoms with van der Waals surface area (Å²) in [6, 6.07) is 9.02. The molecule has 8 heteroatoms. The van der Waals surface area contributed by atoms with Crippen molar-refractivity contribution in [1.82, 2.24) is 10.1 Å². The second-order valence-electron chi connectivity index (χ2n) is 7.06. The lowest BCUT2D eigenvalue weighted by molar-refractivity contribution is -0.129. The third-order valence-corrected chi connectivity index (χ3v) is 5.62. The Morgan fingerprint density at radius 2 is 2.00 bits per heavy atom. The van der Waals surface area contributed by atoms with E-state index in [-0.39, 0.29) is 12.4 Å². The van der Waals surface area contributed by atoms with Gasteiger partial charge in [0.25, 0.3) is 0 Å². The van der Waals surface area contributed by atoms with Gasteiger partial charge < -0.3 is 9.26 Å². The molecule has 0 saturated carbocycles. The maximum atomic E-state index is 12.4. The van der Waals surface area contributed by atoms with E-state index in [0.29, 0.717) is 23.0 Å². The van der Waals surface area contributed by atoms with Crippen molar-refractivity contribution in [1.29, 1.82) is 0 Å². The molecule has 146 valence electrons. The van der Waals surface area contributed by atoms with Gasteiger partial charge in [0.05, 0.1) is 11.3 Å². The van der Waals surface area contributed by atoms with Crippen molar-refractivity contribution in [2.75, 3.05) is 6.61 Å². The van der Waals surface area contributed by atoms with Gasteiger partial charge in [0.2, 0.25) is 11.7 Å². The molecule has 0 atom stereocenters. The lowest BCUT2D eigenvalue weighted by atomic mass is 9.91. The molecule has 0 bridgehead atoms. The van der Waals surface area contributed by atoms with Crippen molar-refractivity contribution in [2.45, 2.75) is 31.4 Å². The first kappa shape index (κ1) is 20.3. The molecule has 28 heavy (non-hydrogen) atoms. The van der Waals surface area contributed by atoms with E-state index in [1.807, 2.05) is 29.0 Å². The number of thiophene rings is 1. The van der Waals surface area contributed by atoms with Crippen LogP contribution in [0.2, 0.25) is 0 Å². The first-order valence-electron chi connectivity index (χ1n) is 8.62. The Kier molecular flexibility index (Phi) is 6.31. The van der Waals surface area contributed by atoms with Gasteiger partial charge in [-0.3, -0.25) is 4.79 Å². The average molecular weight is 417 g/mol. The smallest absolute Gasteiger partial charge is 0.339 e. The Morgan fingerprint density at radius 1 is 1.21 bits per heavy atom. The summed E-state index contributed by atoms with van der Waals surface area (Å²) in [6.45, 7) is 5.14. The minimum atomic E-state index is -0.549. The molecule has 0 fully saturated rings. The Balaban J connectivity index is 1.64. The highest BCUT2D eigenvalue weighted by Crippen LogP contribution is 2.28. The SMILES string of the molecule is CC(C)(C)C(=O)COC(=O)c1ccccc1SCc1nc(-c2ccsc2)no1. The Morgan fingerprint density at radius 3 is 2.71 bits per heavy atom. The van der Waals surface area contributed by atoms with Crippen molar-refractivity contribution in [3.05, 3.63) is 52.5 Å². The fourth-order valence-corrected chi connectivity index (χ4v) is 3.66. The fraction of sp³-hybridized carbons (Fsp3) is 0.300. The summed E-state index contributed by atoms with van der Waals surface area (Å²) in [4.78, 5) is 29.5. The van der Waals surface area contributed by atoms with Crippen LogP contribution in [0.1, 0.15) is 37.0 Å². The number of esters is 1. The molecule has 2 heterocycles. The Bertz CT molecular complexity index is 959. The number of ketones is 1. The first-order valence-corrected chi connectivity index (χ1v) is 10.5. The van der Waals surface area contributed by atoms with E-state index in [1.165, 1.54) is 11.8 Å². The van der Waals surface area contributed by atoms with E-state index in [4.69, 9.17) is 9.26 Å². The lowest BCUT2D eigenvalue weighted by Crippen LogP contribution is -2.26. The van der Waals surface area contributed by atoms with Crippen LogP contribution in [0.5, 0.6) is 0 Å². The fourth-order valence-electron chi connectivity index (χ4n) is 2.15. The second kappa shape index (κ2) is 8.70. The van der Waals surface area contributed by atoms with Gasteiger partial charge in [-0.1, -0.05) is 38.1 Å². The van der Waals surface area contributed by atoms with Crippen molar-refractivity contribution < 1.29 is 18.8 Å². The third-order valence-electron chi connectivity index (χ3n) is 3.88. The highest BCUT2D eigenvalue weighted by Gasteiger charge is 2.23. The number of hydrogen-bond donors (Lipinski definition) is 0.